The van der Waals surface area contributed by atoms with Crippen LogP contribution in [0.2, 0.25) is 0 Å². The number of fused-ring (bicyclic) bond motifs is 1. The monoisotopic (exact) mass is 386 g/mol. The molecule has 0 saturated heterocycles. The van der Waals surface area contributed by atoms with Gasteiger partial charge in [0, 0.05) is 30.0 Å². The van der Waals surface area contributed by atoms with Crippen LogP contribution in [0.1, 0.15) is 12.6 Å². The van der Waals surface area contributed by atoms with Crippen LogP contribution in [0.5, 0.6) is 11.5 Å². The number of nitrogens with zero attached hydrogens (tertiary/aromatic N) is 2. The third kappa shape index (κ3) is 5.00. The molecule has 3 rings (SSSR count). The minimum Gasteiger partial charge on any atom is -0.493 e. The lowest BCUT2D eigenvalue weighted by molar-refractivity contribution is -0.134. The first-order chi connectivity index (χ1) is 13.4. The van der Waals surface area contributed by atoms with Crippen LogP contribution in [-0.4, -0.2) is 53.2 Å². The summed E-state index contributed by atoms with van der Waals surface area (Å²) in [6.07, 6.45) is 1.12. The minimum absolute atomic E-state index is 0.558. The molecular formula is C20H22N2O6. The van der Waals surface area contributed by atoms with Crippen molar-refractivity contribution in [3.05, 3.63) is 48.2 Å². The summed E-state index contributed by atoms with van der Waals surface area (Å²) < 4.78 is 13.0. The topological polar surface area (TPSA) is 110 Å². The molecule has 8 nitrogen and oxygen atoms in total. The van der Waals surface area contributed by atoms with Gasteiger partial charge in [-0.15, -0.1) is 0 Å². The van der Waals surface area contributed by atoms with Crippen LogP contribution >= 0.6 is 0 Å². The first-order valence-electron chi connectivity index (χ1n) is 8.44. The Bertz CT molecular complexity index is 911. The largest absolute Gasteiger partial charge is 0.493 e. The summed E-state index contributed by atoms with van der Waals surface area (Å²) in [4.78, 5) is 23.6. The molecule has 0 bridgehead atoms. The average molecular weight is 386 g/mol. The van der Waals surface area contributed by atoms with Crippen molar-refractivity contribution in [1.82, 2.24) is 4.57 Å². The third-order valence-corrected chi connectivity index (χ3v) is 4.07. The van der Waals surface area contributed by atoms with Gasteiger partial charge in [-0.1, -0.05) is 0 Å². The van der Waals surface area contributed by atoms with Gasteiger partial charge in [0.2, 0.25) is 0 Å². The first kappa shape index (κ1) is 20.8. The summed E-state index contributed by atoms with van der Waals surface area (Å²) in [6, 6.07) is 10.3. The van der Waals surface area contributed by atoms with Gasteiger partial charge in [-0.2, -0.15) is 0 Å². The van der Waals surface area contributed by atoms with E-state index in [0.717, 1.165) is 35.9 Å². The minimum atomic E-state index is -1.26. The van der Waals surface area contributed by atoms with E-state index >= 15 is 0 Å². The Kier molecular flexibility index (Phi) is 6.97. The van der Waals surface area contributed by atoms with Crippen LogP contribution in [0.25, 0.3) is 11.3 Å². The van der Waals surface area contributed by atoms with Crippen LogP contribution < -0.4 is 9.47 Å². The van der Waals surface area contributed by atoms with Gasteiger partial charge < -0.3 is 24.3 Å². The fourth-order valence-electron chi connectivity index (χ4n) is 2.81. The van der Waals surface area contributed by atoms with E-state index < -0.39 is 11.9 Å². The number of methoxy groups -OCH3 is 2. The van der Waals surface area contributed by atoms with Crippen molar-refractivity contribution in [3.8, 4) is 22.8 Å². The number of ether oxygens (including phenoxy) is 2. The third-order valence-electron chi connectivity index (χ3n) is 4.07. The molecule has 0 saturated carbocycles. The fraction of sp³-hybridized carbons (Fsp3) is 0.250. The molecule has 0 radical (unpaired) electrons. The van der Waals surface area contributed by atoms with Crippen molar-refractivity contribution >= 4 is 17.7 Å². The highest BCUT2D eigenvalue weighted by atomic mass is 16.5. The van der Waals surface area contributed by atoms with Gasteiger partial charge in [-0.3, -0.25) is 4.99 Å². The molecule has 2 N–H and O–H groups in total. The van der Waals surface area contributed by atoms with Crippen LogP contribution in [0, 0.1) is 0 Å². The van der Waals surface area contributed by atoms with E-state index in [0.29, 0.717) is 12.2 Å². The molecule has 1 aliphatic rings. The van der Waals surface area contributed by atoms with Crippen molar-refractivity contribution in [2.45, 2.75) is 13.5 Å². The molecular weight excluding hydrogens is 364 g/mol. The van der Waals surface area contributed by atoms with E-state index in [-0.39, 0.29) is 0 Å². The quantitative estimate of drug-likeness (QED) is 0.765. The molecule has 0 aliphatic carbocycles. The normalized spacial score (nSPS) is 12.5. The van der Waals surface area contributed by atoms with Gasteiger partial charge in [0.1, 0.15) is 0 Å². The smallest absolute Gasteiger partial charge is 0.328 e. The second-order valence-corrected chi connectivity index (χ2v) is 5.80. The second-order valence-electron chi connectivity index (χ2n) is 5.80. The number of aliphatic carboxylic acids is 2. The van der Waals surface area contributed by atoms with E-state index in [2.05, 4.69) is 34.7 Å². The Labute approximate surface area is 162 Å². The van der Waals surface area contributed by atoms with E-state index in [1.807, 2.05) is 12.1 Å². The Morgan fingerprint density at radius 2 is 1.61 bits per heavy atom. The predicted molar refractivity (Wildman–Crippen MR) is 104 cm³/mol. The molecule has 0 amide bonds. The van der Waals surface area contributed by atoms with Crippen molar-refractivity contribution in [2.24, 2.45) is 4.99 Å². The number of carboxylic acids is 2. The fourth-order valence-corrected chi connectivity index (χ4v) is 2.81. The molecule has 8 heteroatoms. The van der Waals surface area contributed by atoms with Gasteiger partial charge >= 0.3 is 11.9 Å². The Morgan fingerprint density at radius 1 is 1.00 bits per heavy atom. The number of rotatable bonds is 5. The highest BCUT2D eigenvalue weighted by Gasteiger charge is 2.16. The zero-order chi connectivity index (χ0) is 20.7. The number of carbonyl (C=O) groups is 2. The zero-order valence-corrected chi connectivity index (χ0v) is 15.9. The SMILES string of the molecule is COc1ccc(-c2ccc3n2CCN=C3C)cc1OC.O=C(O)C=CC(=O)O. The highest BCUT2D eigenvalue weighted by Crippen LogP contribution is 2.33. The van der Waals surface area contributed by atoms with E-state index in [4.69, 9.17) is 19.7 Å². The molecule has 28 heavy (non-hydrogen) atoms. The van der Waals surface area contributed by atoms with Crippen LogP contribution in [-0.2, 0) is 16.1 Å². The molecule has 1 aromatic heterocycles. The summed E-state index contributed by atoms with van der Waals surface area (Å²) in [5.74, 6) is -1.01. The predicted octanol–water partition coefficient (Wildman–Crippen LogP) is 2.71. The number of hydrogen-bond acceptors (Lipinski definition) is 5. The summed E-state index contributed by atoms with van der Waals surface area (Å²) in [7, 11) is 3.31. The maximum atomic E-state index is 9.55. The molecule has 2 aromatic rings. The van der Waals surface area contributed by atoms with Crippen LogP contribution in [0.4, 0.5) is 0 Å². The molecule has 148 valence electrons. The molecule has 2 heterocycles. The van der Waals surface area contributed by atoms with Gasteiger partial charge in [-0.05, 0) is 37.3 Å². The van der Waals surface area contributed by atoms with E-state index in [1.54, 1.807) is 14.2 Å². The second kappa shape index (κ2) is 9.40. The Balaban J connectivity index is 0.000000300. The van der Waals surface area contributed by atoms with Gasteiger partial charge in [-0.25, -0.2) is 9.59 Å². The highest BCUT2D eigenvalue weighted by molar-refractivity contribution is 5.98. The number of carboxylic acid groups (broad SMARTS) is 2. The zero-order valence-electron chi connectivity index (χ0n) is 15.9. The molecule has 0 unspecified atom stereocenters. The van der Waals surface area contributed by atoms with E-state index in [9.17, 15) is 9.59 Å². The van der Waals surface area contributed by atoms with Gasteiger partial charge in [0.15, 0.2) is 11.5 Å². The summed E-state index contributed by atoms with van der Waals surface area (Å²) >= 11 is 0. The Hall–Kier alpha value is -3.55. The van der Waals surface area contributed by atoms with E-state index in [1.165, 1.54) is 11.4 Å². The number of aromatic nitrogens is 1. The van der Waals surface area contributed by atoms with Crippen LogP contribution in [0.3, 0.4) is 0 Å². The number of aliphatic imine (C=N–C) groups is 1. The maximum Gasteiger partial charge on any atom is 0.328 e. The lowest BCUT2D eigenvalue weighted by atomic mass is 10.1. The van der Waals surface area contributed by atoms with Gasteiger partial charge in [0.05, 0.1) is 32.2 Å². The standard InChI is InChI=1S/C16H18N2O2.C4H4O4/c1-11-13-5-6-14(18(13)9-8-17-11)12-4-7-15(19-2)16(10-12)20-3;5-3(6)1-2-4(7)8/h4-7,10H,8-9H2,1-3H3;1-2H,(H,5,6)(H,7,8). The summed E-state index contributed by atoms with van der Waals surface area (Å²) in [6.45, 7) is 3.82. The first-order valence-corrected chi connectivity index (χ1v) is 8.44. The molecule has 1 aromatic carbocycles. The number of hydrogen-bond donors (Lipinski definition) is 2. The lowest BCUT2D eigenvalue weighted by Crippen LogP contribution is -2.16. The average Bonchev–Trinajstić information content (AvgIpc) is 3.12. The molecule has 1 aliphatic heterocycles. The van der Waals surface area contributed by atoms with Crippen molar-refractivity contribution in [1.29, 1.82) is 0 Å². The lowest BCUT2D eigenvalue weighted by Gasteiger charge is -2.17. The molecule has 0 atom stereocenters. The van der Waals surface area contributed by atoms with Crippen molar-refractivity contribution < 1.29 is 29.3 Å². The van der Waals surface area contributed by atoms with Gasteiger partial charge in [0.25, 0.3) is 0 Å². The summed E-state index contributed by atoms with van der Waals surface area (Å²) in [5.41, 5.74) is 4.61. The molecule has 0 fully saturated rings. The maximum absolute atomic E-state index is 9.55. The van der Waals surface area contributed by atoms with Crippen molar-refractivity contribution in [3.63, 3.8) is 0 Å². The molecule has 0 spiro atoms. The summed E-state index contributed by atoms with van der Waals surface area (Å²) in [5, 5.41) is 15.6. The van der Waals surface area contributed by atoms with Crippen molar-refractivity contribution in [2.75, 3.05) is 20.8 Å². The Morgan fingerprint density at radius 3 is 2.18 bits per heavy atom. The van der Waals surface area contributed by atoms with Crippen LogP contribution in [0.15, 0.2) is 47.5 Å². The number of benzene rings is 1.